The predicted molar refractivity (Wildman–Crippen MR) is 123 cm³/mol. The second kappa shape index (κ2) is 7.82. The molecule has 3 heterocycles. The third-order valence-corrected chi connectivity index (χ3v) is 7.53. The lowest BCUT2D eigenvalue weighted by Crippen LogP contribution is -2.53. The van der Waals surface area contributed by atoms with E-state index >= 15 is 0 Å². The summed E-state index contributed by atoms with van der Waals surface area (Å²) in [5.74, 6) is -3.48. The van der Waals surface area contributed by atoms with Crippen LogP contribution in [0.5, 0.6) is 5.75 Å². The second-order valence-electron chi connectivity index (χ2n) is 8.86. The van der Waals surface area contributed by atoms with Crippen molar-refractivity contribution in [3.05, 3.63) is 58.1 Å². The van der Waals surface area contributed by atoms with Crippen LogP contribution in [0.4, 0.5) is 5.69 Å². The third-order valence-electron chi connectivity index (χ3n) is 7.12. The van der Waals surface area contributed by atoms with Gasteiger partial charge in [0.05, 0.1) is 31.2 Å². The van der Waals surface area contributed by atoms with E-state index in [9.17, 15) is 19.2 Å². The number of nitrogens with zero attached hydrogens (tertiary/aromatic N) is 1. The Kier molecular flexibility index (Phi) is 5.14. The SMILES string of the molecule is COc1ccccc1CN1C(=O)[C@H]2[C@@H](C1=O)[C@@]1(N[C@@H]2CC(N)=O)C(=O)Nc2c1ccc(Cl)c2C. The first kappa shape index (κ1) is 22.4. The van der Waals surface area contributed by atoms with Crippen LogP contribution in [0, 0.1) is 18.8 Å². The van der Waals surface area contributed by atoms with Crippen molar-refractivity contribution in [2.75, 3.05) is 12.4 Å². The van der Waals surface area contributed by atoms with Crippen LogP contribution in [-0.4, -0.2) is 41.7 Å². The minimum absolute atomic E-state index is 0.0117. The molecular formula is C24H23ClN4O5. The molecule has 176 valence electrons. The van der Waals surface area contributed by atoms with E-state index in [1.165, 1.54) is 7.11 Å². The standard InChI is InChI=1S/C24H23ClN4O5/c1-11-14(25)8-7-13-20(11)27-23(33)24(13)19-18(15(28-24)9-17(26)30)21(31)29(22(19)32)10-12-5-3-4-6-16(12)34-2/h3-8,15,18-19,28H,9-10H2,1-2H3,(H2,26,30)(H,27,33)/t15-,18-,19+,24-/m1/s1. The Hall–Kier alpha value is -3.43. The third kappa shape index (κ3) is 2.97. The summed E-state index contributed by atoms with van der Waals surface area (Å²) >= 11 is 6.26. The number of methoxy groups -OCH3 is 1. The molecule has 5 rings (SSSR count). The van der Waals surface area contributed by atoms with Gasteiger partial charge >= 0.3 is 0 Å². The number of anilines is 1. The first-order chi connectivity index (χ1) is 16.2. The lowest BCUT2D eigenvalue weighted by Gasteiger charge is -2.29. The van der Waals surface area contributed by atoms with E-state index in [2.05, 4.69) is 10.6 Å². The van der Waals surface area contributed by atoms with Gasteiger partial charge in [-0.1, -0.05) is 35.9 Å². The number of halogens is 1. The number of nitrogens with one attached hydrogen (secondary N) is 2. The van der Waals surface area contributed by atoms with Gasteiger partial charge in [0.15, 0.2) is 0 Å². The molecule has 4 atom stereocenters. The molecule has 3 aliphatic heterocycles. The summed E-state index contributed by atoms with van der Waals surface area (Å²) in [6.45, 7) is 1.76. The van der Waals surface area contributed by atoms with Crippen LogP contribution in [-0.2, 0) is 31.3 Å². The van der Waals surface area contributed by atoms with Crippen molar-refractivity contribution in [3.63, 3.8) is 0 Å². The van der Waals surface area contributed by atoms with E-state index in [4.69, 9.17) is 22.1 Å². The van der Waals surface area contributed by atoms with E-state index in [-0.39, 0.29) is 13.0 Å². The Balaban J connectivity index is 1.62. The van der Waals surface area contributed by atoms with Crippen molar-refractivity contribution >= 4 is 40.9 Å². The van der Waals surface area contributed by atoms with Gasteiger partial charge in [0, 0.05) is 28.6 Å². The van der Waals surface area contributed by atoms with Crippen LogP contribution in [0.15, 0.2) is 36.4 Å². The fourth-order valence-electron chi connectivity index (χ4n) is 5.60. The zero-order valence-electron chi connectivity index (χ0n) is 18.6. The summed E-state index contributed by atoms with van der Waals surface area (Å²) < 4.78 is 5.38. The van der Waals surface area contributed by atoms with Crippen LogP contribution in [0.25, 0.3) is 0 Å². The molecule has 10 heteroatoms. The first-order valence-electron chi connectivity index (χ1n) is 10.8. The number of amides is 4. The van der Waals surface area contributed by atoms with Gasteiger partial charge < -0.3 is 15.8 Å². The molecule has 0 aliphatic carbocycles. The van der Waals surface area contributed by atoms with Crippen LogP contribution in [0.3, 0.4) is 0 Å². The smallest absolute Gasteiger partial charge is 0.250 e. The number of para-hydroxylation sites is 1. The fraction of sp³-hybridized carbons (Fsp3) is 0.333. The minimum atomic E-state index is -1.52. The van der Waals surface area contributed by atoms with E-state index in [1.54, 1.807) is 43.3 Å². The molecule has 0 saturated carbocycles. The number of nitrogens with two attached hydrogens (primary N) is 1. The summed E-state index contributed by atoms with van der Waals surface area (Å²) in [4.78, 5) is 53.9. The number of hydrogen-bond donors (Lipinski definition) is 3. The van der Waals surface area contributed by atoms with Crippen LogP contribution < -0.4 is 21.1 Å². The number of imide groups is 1. The molecule has 2 saturated heterocycles. The van der Waals surface area contributed by atoms with Crippen molar-refractivity contribution in [1.82, 2.24) is 10.2 Å². The van der Waals surface area contributed by atoms with E-state index in [1.807, 2.05) is 0 Å². The zero-order valence-corrected chi connectivity index (χ0v) is 19.3. The highest BCUT2D eigenvalue weighted by atomic mass is 35.5. The van der Waals surface area contributed by atoms with Crippen molar-refractivity contribution in [2.24, 2.45) is 17.6 Å². The Morgan fingerprint density at radius 1 is 1.18 bits per heavy atom. The summed E-state index contributed by atoms with van der Waals surface area (Å²) in [5, 5.41) is 6.47. The molecule has 4 amide bonds. The summed E-state index contributed by atoms with van der Waals surface area (Å²) in [6, 6.07) is 9.65. The van der Waals surface area contributed by atoms with E-state index in [0.29, 0.717) is 33.1 Å². The second-order valence-corrected chi connectivity index (χ2v) is 9.26. The lowest BCUT2D eigenvalue weighted by molar-refractivity contribution is -0.143. The Labute approximate surface area is 200 Å². The summed E-state index contributed by atoms with van der Waals surface area (Å²) in [7, 11) is 1.51. The topological polar surface area (TPSA) is 131 Å². The maximum absolute atomic E-state index is 13.8. The molecule has 4 N–H and O–H groups in total. The summed E-state index contributed by atoms with van der Waals surface area (Å²) in [6.07, 6.45) is -0.195. The molecular weight excluding hydrogens is 460 g/mol. The van der Waals surface area contributed by atoms with E-state index in [0.717, 1.165) is 4.90 Å². The number of ether oxygens (including phenoxy) is 1. The zero-order chi connectivity index (χ0) is 24.4. The van der Waals surface area contributed by atoms with Gasteiger partial charge in [0.1, 0.15) is 11.3 Å². The number of hydrogen-bond acceptors (Lipinski definition) is 6. The molecule has 1 spiro atoms. The number of primary amides is 1. The maximum atomic E-state index is 13.8. The molecule has 3 aliphatic rings. The van der Waals surface area contributed by atoms with Gasteiger partial charge in [-0.25, -0.2) is 0 Å². The number of fused-ring (bicyclic) bond motifs is 4. The first-order valence-corrected chi connectivity index (χ1v) is 11.2. The Bertz CT molecular complexity index is 1260. The quantitative estimate of drug-likeness (QED) is 0.553. The van der Waals surface area contributed by atoms with Gasteiger partial charge in [0.25, 0.3) is 0 Å². The van der Waals surface area contributed by atoms with Crippen LogP contribution in [0.2, 0.25) is 5.02 Å². The molecule has 2 aromatic rings. The number of carbonyl (C=O) groups excluding carboxylic acids is 4. The largest absolute Gasteiger partial charge is 0.496 e. The highest BCUT2D eigenvalue weighted by Crippen LogP contribution is 2.54. The molecule has 34 heavy (non-hydrogen) atoms. The maximum Gasteiger partial charge on any atom is 0.250 e. The van der Waals surface area contributed by atoms with Gasteiger partial charge in [-0.05, 0) is 24.6 Å². The summed E-state index contributed by atoms with van der Waals surface area (Å²) in [5.41, 5.74) is 6.30. The highest BCUT2D eigenvalue weighted by molar-refractivity contribution is 6.32. The molecule has 2 fully saturated rings. The number of benzene rings is 2. The van der Waals surface area contributed by atoms with E-state index < -0.39 is 47.0 Å². The van der Waals surface area contributed by atoms with Gasteiger partial charge in [0.2, 0.25) is 23.6 Å². The number of carbonyl (C=O) groups is 4. The fourth-order valence-corrected chi connectivity index (χ4v) is 5.76. The van der Waals surface area contributed by atoms with Crippen molar-refractivity contribution in [2.45, 2.75) is 31.5 Å². The average molecular weight is 483 g/mol. The van der Waals surface area contributed by atoms with Gasteiger partial charge in [-0.3, -0.25) is 29.4 Å². The molecule has 9 nitrogen and oxygen atoms in total. The molecule has 0 bridgehead atoms. The molecule has 0 aromatic heterocycles. The van der Waals surface area contributed by atoms with Crippen LogP contribution >= 0.6 is 11.6 Å². The number of rotatable bonds is 5. The predicted octanol–water partition coefficient (Wildman–Crippen LogP) is 1.45. The lowest BCUT2D eigenvalue weighted by atomic mass is 9.76. The normalized spacial score (nSPS) is 27.2. The van der Waals surface area contributed by atoms with Gasteiger partial charge in [-0.2, -0.15) is 0 Å². The van der Waals surface area contributed by atoms with Gasteiger partial charge in [-0.15, -0.1) is 0 Å². The Morgan fingerprint density at radius 3 is 2.62 bits per heavy atom. The van der Waals surface area contributed by atoms with Crippen LogP contribution in [0.1, 0.15) is 23.1 Å². The minimum Gasteiger partial charge on any atom is -0.496 e. The van der Waals surface area contributed by atoms with Crippen molar-refractivity contribution in [3.8, 4) is 5.75 Å². The highest BCUT2D eigenvalue weighted by Gasteiger charge is 2.70. The molecule has 0 unspecified atom stereocenters. The number of likely N-dealkylation sites (tertiary alicyclic amines) is 1. The van der Waals surface area contributed by atoms with Crippen molar-refractivity contribution < 1.29 is 23.9 Å². The molecule has 2 aromatic carbocycles. The average Bonchev–Trinajstić information content (AvgIpc) is 3.37. The molecule has 0 radical (unpaired) electrons. The monoisotopic (exact) mass is 482 g/mol. The Morgan fingerprint density at radius 2 is 1.91 bits per heavy atom. The van der Waals surface area contributed by atoms with Crippen molar-refractivity contribution in [1.29, 1.82) is 0 Å².